The Bertz CT molecular complexity index is 514. The van der Waals surface area contributed by atoms with Gasteiger partial charge in [-0.25, -0.2) is 0 Å². The molecule has 0 atom stereocenters. The Morgan fingerprint density at radius 2 is 1.40 bits per heavy atom. The molecule has 0 bridgehead atoms. The summed E-state index contributed by atoms with van der Waals surface area (Å²) in [6.45, 7) is 7.04. The fourth-order valence-corrected chi connectivity index (χ4v) is 2.61. The number of fused-ring (bicyclic) bond motifs is 1. The zero-order valence-corrected chi connectivity index (χ0v) is 11.6. The monoisotopic (exact) mass is 275 g/mol. The molecule has 0 saturated carbocycles. The second-order valence-corrected chi connectivity index (χ2v) is 5.19. The number of piperazine rings is 1. The van der Waals surface area contributed by atoms with E-state index in [0.29, 0.717) is 0 Å². The molecule has 0 unspecified atom stereocenters. The van der Waals surface area contributed by atoms with E-state index >= 15 is 0 Å². The van der Waals surface area contributed by atoms with Gasteiger partial charge in [-0.3, -0.25) is 9.80 Å². The van der Waals surface area contributed by atoms with Crippen molar-refractivity contribution in [2.75, 3.05) is 45.9 Å². The second-order valence-electron chi connectivity index (χ2n) is 5.19. The molecule has 0 radical (unpaired) electrons. The van der Waals surface area contributed by atoms with Gasteiger partial charge in [0.15, 0.2) is 0 Å². The Labute approximate surface area is 118 Å². The molecule has 6 nitrogen and oxygen atoms in total. The minimum atomic E-state index is 0.254. The Balaban J connectivity index is 1.50. The van der Waals surface area contributed by atoms with Crippen molar-refractivity contribution >= 4 is 11.0 Å². The fourth-order valence-electron chi connectivity index (χ4n) is 2.61. The standard InChI is InChI=1S/C14H21N5O/c20-12-11-18-7-5-17(6-8-18)9-10-19-15-13-3-1-2-4-14(13)16-19/h1-4,20H,5-12H2. The van der Waals surface area contributed by atoms with Gasteiger partial charge < -0.3 is 5.11 Å². The van der Waals surface area contributed by atoms with E-state index in [4.69, 9.17) is 5.11 Å². The van der Waals surface area contributed by atoms with Crippen LogP contribution in [-0.2, 0) is 6.54 Å². The summed E-state index contributed by atoms with van der Waals surface area (Å²) in [5.41, 5.74) is 1.92. The van der Waals surface area contributed by atoms with Gasteiger partial charge in [-0.1, -0.05) is 12.1 Å². The Morgan fingerprint density at radius 3 is 1.95 bits per heavy atom. The molecule has 3 rings (SSSR count). The Kier molecular flexibility index (Phi) is 4.25. The molecule has 1 saturated heterocycles. The molecule has 2 aromatic rings. The van der Waals surface area contributed by atoms with Gasteiger partial charge in [0.25, 0.3) is 0 Å². The zero-order chi connectivity index (χ0) is 13.8. The van der Waals surface area contributed by atoms with Crippen molar-refractivity contribution < 1.29 is 5.11 Å². The van der Waals surface area contributed by atoms with E-state index in [1.165, 1.54) is 0 Å². The average molecular weight is 275 g/mol. The van der Waals surface area contributed by atoms with E-state index in [-0.39, 0.29) is 6.61 Å². The number of rotatable bonds is 5. The molecular weight excluding hydrogens is 254 g/mol. The molecule has 0 aliphatic carbocycles. The molecule has 108 valence electrons. The van der Waals surface area contributed by atoms with Crippen molar-refractivity contribution in [2.45, 2.75) is 6.54 Å². The summed E-state index contributed by atoms with van der Waals surface area (Å²) in [7, 11) is 0. The number of aromatic nitrogens is 3. The molecule has 1 aliphatic rings. The summed E-state index contributed by atoms with van der Waals surface area (Å²) in [5.74, 6) is 0. The summed E-state index contributed by atoms with van der Waals surface area (Å²) in [6, 6.07) is 7.96. The smallest absolute Gasteiger partial charge is 0.113 e. The number of nitrogens with zero attached hydrogens (tertiary/aromatic N) is 5. The maximum absolute atomic E-state index is 8.93. The van der Waals surface area contributed by atoms with Gasteiger partial charge in [0.05, 0.1) is 13.2 Å². The summed E-state index contributed by atoms with van der Waals surface area (Å²) in [5, 5.41) is 17.9. The van der Waals surface area contributed by atoms with Crippen molar-refractivity contribution in [3.8, 4) is 0 Å². The quantitative estimate of drug-likeness (QED) is 0.835. The normalized spacial score (nSPS) is 17.9. The highest BCUT2D eigenvalue weighted by molar-refractivity contribution is 5.72. The van der Waals surface area contributed by atoms with Crippen molar-refractivity contribution in [2.24, 2.45) is 0 Å². The first kappa shape index (κ1) is 13.5. The molecule has 1 aromatic carbocycles. The summed E-state index contributed by atoms with van der Waals surface area (Å²) >= 11 is 0. The molecule has 0 amide bonds. The minimum Gasteiger partial charge on any atom is -0.395 e. The molecule has 1 aromatic heterocycles. The molecule has 1 aliphatic heterocycles. The first-order valence-corrected chi connectivity index (χ1v) is 7.20. The molecular formula is C14H21N5O. The van der Waals surface area contributed by atoms with Crippen LogP contribution in [0.2, 0.25) is 0 Å². The van der Waals surface area contributed by atoms with Crippen molar-refractivity contribution in [1.29, 1.82) is 0 Å². The largest absolute Gasteiger partial charge is 0.395 e. The van der Waals surface area contributed by atoms with E-state index in [1.807, 2.05) is 24.3 Å². The van der Waals surface area contributed by atoms with Gasteiger partial charge in [-0.05, 0) is 12.1 Å². The zero-order valence-electron chi connectivity index (χ0n) is 11.6. The highest BCUT2D eigenvalue weighted by Crippen LogP contribution is 2.07. The minimum absolute atomic E-state index is 0.254. The number of benzene rings is 1. The average Bonchev–Trinajstić information content (AvgIpc) is 2.90. The Hall–Kier alpha value is -1.50. The van der Waals surface area contributed by atoms with Gasteiger partial charge in [-0.15, -0.1) is 0 Å². The molecule has 0 spiro atoms. The number of hydrogen-bond acceptors (Lipinski definition) is 5. The summed E-state index contributed by atoms with van der Waals surface area (Å²) in [4.78, 5) is 6.53. The highest BCUT2D eigenvalue weighted by atomic mass is 16.3. The number of aliphatic hydroxyl groups is 1. The Morgan fingerprint density at radius 1 is 0.850 bits per heavy atom. The van der Waals surface area contributed by atoms with E-state index in [1.54, 1.807) is 4.80 Å². The third kappa shape index (κ3) is 3.15. The van der Waals surface area contributed by atoms with Crippen LogP contribution in [0.3, 0.4) is 0 Å². The van der Waals surface area contributed by atoms with E-state index in [2.05, 4.69) is 20.0 Å². The van der Waals surface area contributed by atoms with Gasteiger partial charge in [0.2, 0.25) is 0 Å². The number of hydrogen-bond donors (Lipinski definition) is 1. The van der Waals surface area contributed by atoms with Gasteiger partial charge in [0.1, 0.15) is 11.0 Å². The van der Waals surface area contributed by atoms with Crippen molar-refractivity contribution in [3.05, 3.63) is 24.3 Å². The summed E-state index contributed by atoms with van der Waals surface area (Å²) < 4.78 is 0. The predicted molar refractivity (Wildman–Crippen MR) is 77.5 cm³/mol. The lowest BCUT2D eigenvalue weighted by atomic mass is 10.3. The topological polar surface area (TPSA) is 57.4 Å². The van der Waals surface area contributed by atoms with Crippen LogP contribution in [0.25, 0.3) is 11.0 Å². The molecule has 1 N–H and O–H groups in total. The number of β-amino-alcohol motifs (C(OH)–C–C–N with tert-alkyl or cyclic N) is 1. The molecule has 2 heterocycles. The second kappa shape index (κ2) is 6.30. The van der Waals surface area contributed by atoms with E-state index in [0.717, 1.165) is 56.8 Å². The third-order valence-electron chi connectivity index (χ3n) is 3.83. The first-order chi connectivity index (χ1) is 9.85. The fraction of sp³-hybridized carbons (Fsp3) is 0.571. The van der Waals surface area contributed by atoms with Crippen LogP contribution in [0.5, 0.6) is 0 Å². The van der Waals surface area contributed by atoms with Crippen LogP contribution in [0.1, 0.15) is 0 Å². The third-order valence-corrected chi connectivity index (χ3v) is 3.83. The van der Waals surface area contributed by atoms with Crippen LogP contribution < -0.4 is 0 Å². The first-order valence-electron chi connectivity index (χ1n) is 7.20. The predicted octanol–water partition coefficient (Wildman–Crippen LogP) is 0.0412. The number of aliphatic hydroxyl groups excluding tert-OH is 1. The molecule has 1 fully saturated rings. The lowest BCUT2D eigenvalue weighted by molar-refractivity contribution is 0.109. The lowest BCUT2D eigenvalue weighted by Crippen LogP contribution is -2.47. The van der Waals surface area contributed by atoms with Crippen LogP contribution in [0, 0.1) is 0 Å². The van der Waals surface area contributed by atoms with Crippen LogP contribution in [-0.4, -0.2) is 75.8 Å². The molecule has 20 heavy (non-hydrogen) atoms. The van der Waals surface area contributed by atoms with Crippen LogP contribution in [0.15, 0.2) is 24.3 Å². The van der Waals surface area contributed by atoms with Gasteiger partial charge in [-0.2, -0.15) is 15.0 Å². The van der Waals surface area contributed by atoms with Gasteiger partial charge >= 0.3 is 0 Å². The van der Waals surface area contributed by atoms with Crippen molar-refractivity contribution in [1.82, 2.24) is 24.8 Å². The maximum atomic E-state index is 8.93. The van der Waals surface area contributed by atoms with Crippen molar-refractivity contribution in [3.63, 3.8) is 0 Å². The van der Waals surface area contributed by atoms with Crippen LogP contribution >= 0.6 is 0 Å². The maximum Gasteiger partial charge on any atom is 0.113 e. The van der Waals surface area contributed by atoms with E-state index < -0.39 is 0 Å². The summed E-state index contributed by atoms with van der Waals surface area (Å²) in [6.07, 6.45) is 0. The van der Waals surface area contributed by atoms with Crippen LogP contribution in [0.4, 0.5) is 0 Å². The van der Waals surface area contributed by atoms with E-state index in [9.17, 15) is 0 Å². The SMILES string of the molecule is OCCN1CCN(CCn2nc3ccccc3n2)CC1. The van der Waals surface area contributed by atoms with Gasteiger partial charge in [0, 0.05) is 39.3 Å². The highest BCUT2D eigenvalue weighted by Gasteiger charge is 2.16. The molecule has 6 heteroatoms. The lowest BCUT2D eigenvalue weighted by Gasteiger charge is -2.34.